The molecule has 1 amide bonds. The fourth-order valence-electron chi connectivity index (χ4n) is 6.52. The number of carbonyl (C=O) groups excluding carboxylic acids is 1. The van der Waals surface area contributed by atoms with Gasteiger partial charge in [-0.05, 0) is 76.3 Å². The Morgan fingerprint density at radius 2 is 1.92 bits per heavy atom. The number of fused-ring (bicyclic) bond motifs is 2. The first-order valence-electron chi connectivity index (χ1n) is 13.4. The van der Waals surface area contributed by atoms with Crippen LogP contribution >= 0.6 is 0 Å². The van der Waals surface area contributed by atoms with E-state index < -0.39 is 5.60 Å². The molecule has 1 spiro atoms. The molecule has 6 rings (SSSR count). The molecule has 2 fully saturated rings. The zero-order valence-electron chi connectivity index (χ0n) is 22.9. The maximum atomic E-state index is 12.6. The summed E-state index contributed by atoms with van der Waals surface area (Å²) in [5.74, 6) is 1.09. The summed E-state index contributed by atoms with van der Waals surface area (Å²) in [4.78, 5) is 22.1. The van der Waals surface area contributed by atoms with Gasteiger partial charge in [0.2, 0.25) is 0 Å². The van der Waals surface area contributed by atoms with Gasteiger partial charge in [-0.25, -0.2) is 9.78 Å². The maximum absolute atomic E-state index is 12.6. The Balaban J connectivity index is 1.36. The van der Waals surface area contributed by atoms with Gasteiger partial charge in [0, 0.05) is 56.1 Å². The summed E-state index contributed by atoms with van der Waals surface area (Å²) in [5.41, 5.74) is 8.49. The molecule has 2 aromatic heterocycles. The monoisotopic (exact) mass is 502 g/mol. The highest BCUT2D eigenvalue weighted by Gasteiger charge is 2.51. The van der Waals surface area contributed by atoms with Crippen molar-refractivity contribution in [2.24, 2.45) is 12.5 Å². The zero-order chi connectivity index (χ0) is 26.1. The molecule has 8 nitrogen and oxygen atoms in total. The number of benzene rings is 1. The number of carbonyl (C=O) groups is 1. The molecule has 2 saturated heterocycles. The van der Waals surface area contributed by atoms with E-state index in [-0.39, 0.29) is 11.5 Å². The van der Waals surface area contributed by atoms with Crippen LogP contribution in [-0.4, -0.2) is 64.1 Å². The summed E-state index contributed by atoms with van der Waals surface area (Å²) >= 11 is 0. The first-order chi connectivity index (χ1) is 17.6. The number of nitrogens with zero attached hydrogens (tertiary/aromatic N) is 5. The standard InChI is InChI=1S/C29H38N6O2/c1-18-7-8-20-13-31-33(6)25(20)23(18)24-19(2)26(32-22-14-30-11-9-21(22)24)34-12-10-29(15-34)16-35(17-29)27(36)37-28(3,4)5/h7-8,13,30H,9-12,14-17H2,1-6H3. The molecule has 0 bridgehead atoms. The van der Waals surface area contributed by atoms with E-state index in [9.17, 15) is 4.79 Å². The van der Waals surface area contributed by atoms with E-state index in [0.29, 0.717) is 0 Å². The van der Waals surface area contributed by atoms with Crippen LogP contribution in [0.15, 0.2) is 18.3 Å². The molecule has 3 aromatic rings. The average molecular weight is 503 g/mol. The minimum Gasteiger partial charge on any atom is -0.444 e. The van der Waals surface area contributed by atoms with E-state index in [4.69, 9.17) is 9.72 Å². The Kier molecular flexibility index (Phi) is 5.53. The van der Waals surface area contributed by atoms with Crippen molar-refractivity contribution in [1.29, 1.82) is 0 Å². The number of aryl methyl sites for hydroxylation is 2. The van der Waals surface area contributed by atoms with Crippen molar-refractivity contribution in [2.75, 3.05) is 37.6 Å². The number of rotatable bonds is 2. The summed E-state index contributed by atoms with van der Waals surface area (Å²) in [6.45, 7) is 15.3. The molecule has 8 heteroatoms. The third kappa shape index (κ3) is 4.06. The van der Waals surface area contributed by atoms with E-state index in [1.807, 2.05) is 43.6 Å². The molecule has 3 aliphatic rings. The van der Waals surface area contributed by atoms with Crippen LogP contribution in [0.3, 0.4) is 0 Å². The van der Waals surface area contributed by atoms with Gasteiger partial charge in [0.25, 0.3) is 0 Å². The minimum atomic E-state index is -0.467. The first kappa shape index (κ1) is 24.2. The van der Waals surface area contributed by atoms with Crippen LogP contribution in [0.4, 0.5) is 10.6 Å². The van der Waals surface area contributed by atoms with Gasteiger partial charge in [0.1, 0.15) is 11.4 Å². The van der Waals surface area contributed by atoms with Crippen molar-refractivity contribution in [3.8, 4) is 11.1 Å². The zero-order valence-corrected chi connectivity index (χ0v) is 22.9. The predicted octanol–water partition coefficient (Wildman–Crippen LogP) is 4.35. The van der Waals surface area contributed by atoms with Crippen molar-refractivity contribution in [3.63, 3.8) is 0 Å². The van der Waals surface area contributed by atoms with Crippen molar-refractivity contribution in [3.05, 3.63) is 40.7 Å². The Labute approximate surface area is 219 Å². The molecule has 1 N–H and O–H groups in total. The predicted molar refractivity (Wildman–Crippen MR) is 146 cm³/mol. The number of hydrogen-bond donors (Lipinski definition) is 1. The fourth-order valence-corrected chi connectivity index (χ4v) is 6.52. The van der Waals surface area contributed by atoms with Gasteiger partial charge in [-0.3, -0.25) is 4.68 Å². The maximum Gasteiger partial charge on any atom is 0.410 e. The minimum absolute atomic E-state index is 0.122. The average Bonchev–Trinajstić information content (AvgIpc) is 3.42. The van der Waals surface area contributed by atoms with E-state index in [1.165, 1.54) is 38.7 Å². The van der Waals surface area contributed by atoms with Crippen molar-refractivity contribution in [2.45, 2.75) is 59.6 Å². The van der Waals surface area contributed by atoms with Crippen LogP contribution in [0.25, 0.3) is 22.0 Å². The van der Waals surface area contributed by atoms with Gasteiger partial charge in [0.05, 0.1) is 17.4 Å². The molecule has 196 valence electrons. The summed E-state index contributed by atoms with van der Waals surface area (Å²) in [6.07, 6.45) is 3.80. The van der Waals surface area contributed by atoms with E-state index in [1.54, 1.807) is 0 Å². The highest BCUT2D eigenvalue weighted by molar-refractivity contribution is 5.98. The van der Waals surface area contributed by atoms with Crippen LogP contribution in [-0.2, 0) is 24.8 Å². The first-order valence-corrected chi connectivity index (χ1v) is 13.4. The SMILES string of the molecule is Cc1ccc2cnn(C)c2c1-c1c(C)c(N2CCC3(CN(C(=O)OC(C)(C)C)C3)C2)nc2c1CCNC2. The van der Waals surface area contributed by atoms with Crippen molar-refractivity contribution in [1.82, 2.24) is 25.0 Å². The number of nitrogens with one attached hydrogen (secondary N) is 1. The van der Waals surface area contributed by atoms with E-state index in [0.717, 1.165) is 63.6 Å². The molecule has 0 unspecified atom stereocenters. The smallest absolute Gasteiger partial charge is 0.410 e. The van der Waals surface area contributed by atoms with Crippen LogP contribution in [0.1, 0.15) is 49.6 Å². The number of likely N-dealkylation sites (tertiary alicyclic amines) is 1. The largest absolute Gasteiger partial charge is 0.444 e. The van der Waals surface area contributed by atoms with Crippen LogP contribution in [0.2, 0.25) is 0 Å². The third-order valence-electron chi connectivity index (χ3n) is 8.25. The Morgan fingerprint density at radius 3 is 2.68 bits per heavy atom. The van der Waals surface area contributed by atoms with Crippen LogP contribution in [0, 0.1) is 19.3 Å². The van der Waals surface area contributed by atoms with Crippen LogP contribution in [0.5, 0.6) is 0 Å². The number of amides is 1. The van der Waals surface area contributed by atoms with Gasteiger partial charge < -0.3 is 19.9 Å². The van der Waals surface area contributed by atoms with Crippen LogP contribution < -0.4 is 10.2 Å². The number of ether oxygens (including phenoxy) is 1. The number of anilines is 1. The van der Waals surface area contributed by atoms with Crippen molar-refractivity contribution >= 4 is 22.8 Å². The number of pyridine rings is 1. The molecule has 5 heterocycles. The second-order valence-corrected chi connectivity index (χ2v) is 12.3. The molecular weight excluding hydrogens is 464 g/mol. The molecule has 3 aliphatic heterocycles. The van der Waals surface area contributed by atoms with Gasteiger partial charge in [-0.15, -0.1) is 0 Å². The number of hydrogen-bond acceptors (Lipinski definition) is 6. The van der Waals surface area contributed by atoms with E-state index >= 15 is 0 Å². The lowest BCUT2D eigenvalue weighted by Crippen LogP contribution is -2.60. The quantitative estimate of drug-likeness (QED) is 0.562. The van der Waals surface area contributed by atoms with E-state index in [2.05, 4.69) is 41.3 Å². The fraction of sp³-hybridized carbons (Fsp3) is 0.552. The second-order valence-electron chi connectivity index (χ2n) is 12.3. The van der Waals surface area contributed by atoms with Gasteiger partial charge >= 0.3 is 6.09 Å². The summed E-state index contributed by atoms with van der Waals surface area (Å²) in [7, 11) is 2.04. The summed E-state index contributed by atoms with van der Waals surface area (Å²) in [6, 6.07) is 4.39. The Bertz CT molecular complexity index is 1400. The highest BCUT2D eigenvalue weighted by atomic mass is 16.6. The molecule has 0 aliphatic carbocycles. The van der Waals surface area contributed by atoms with Crippen molar-refractivity contribution < 1.29 is 9.53 Å². The lowest BCUT2D eigenvalue weighted by atomic mass is 9.79. The lowest BCUT2D eigenvalue weighted by Gasteiger charge is -2.47. The molecule has 37 heavy (non-hydrogen) atoms. The molecule has 1 aromatic carbocycles. The topological polar surface area (TPSA) is 75.5 Å². The lowest BCUT2D eigenvalue weighted by molar-refractivity contribution is -0.0266. The molecular formula is C29H38N6O2. The normalized spacial score (nSPS) is 18.9. The number of aromatic nitrogens is 3. The molecule has 0 atom stereocenters. The van der Waals surface area contributed by atoms with Gasteiger partial charge in [-0.2, -0.15) is 5.10 Å². The van der Waals surface area contributed by atoms with Gasteiger partial charge in [0.15, 0.2) is 0 Å². The summed E-state index contributed by atoms with van der Waals surface area (Å²) < 4.78 is 7.61. The third-order valence-corrected chi connectivity index (χ3v) is 8.25. The Hall–Kier alpha value is -3.13. The molecule has 0 saturated carbocycles. The highest BCUT2D eigenvalue weighted by Crippen LogP contribution is 2.45. The van der Waals surface area contributed by atoms with Gasteiger partial charge in [-0.1, -0.05) is 12.1 Å². The molecule has 0 radical (unpaired) electrons. The Morgan fingerprint density at radius 1 is 1.14 bits per heavy atom. The second kappa shape index (κ2) is 8.45. The summed E-state index contributed by atoms with van der Waals surface area (Å²) in [5, 5.41) is 9.28.